The van der Waals surface area contributed by atoms with Crippen LogP contribution in [0.4, 0.5) is 0 Å². The second-order valence-corrected chi connectivity index (χ2v) is 7.74. The van der Waals surface area contributed by atoms with E-state index in [0.29, 0.717) is 6.04 Å². The van der Waals surface area contributed by atoms with E-state index >= 15 is 0 Å². The van der Waals surface area contributed by atoms with Gasteiger partial charge in [0.05, 0.1) is 0 Å². The number of benzene rings is 1. The zero-order valence-electron chi connectivity index (χ0n) is 12.0. The molecule has 1 nitrogen and oxygen atoms in total. The number of halogens is 2. The van der Waals surface area contributed by atoms with E-state index < -0.39 is 0 Å². The summed E-state index contributed by atoms with van der Waals surface area (Å²) in [6.07, 6.45) is 7.14. The minimum Gasteiger partial charge on any atom is -0.310 e. The molecular formula is C17H23BrClN. The highest BCUT2D eigenvalue weighted by atomic mass is 79.9. The van der Waals surface area contributed by atoms with Crippen LogP contribution >= 0.6 is 27.5 Å². The molecule has 2 aliphatic carbocycles. The second-order valence-electron chi connectivity index (χ2n) is 6.45. The first-order chi connectivity index (χ1) is 9.67. The zero-order valence-corrected chi connectivity index (χ0v) is 14.4. The van der Waals surface area contributed by atoms with Crippen molar-refractivity contribution in [2.45, 2.75) is 45.1 Å². The van der Waals surface area contributed by atoms with Crippen molar-refractivity contribution in [2.24, 2.45) is 17.8 Å². The number of fused-ring (bicyclic) bond motifs is 2. The first-order valence-corrected chi connectivity index (χ1v) is 9.02. The van der Waals surface area contributed by atoms with Gasteiger partial charge in [-0.1, -0.05) is 40.9 Å². The highest BCUT2D eigenvalue weighted by molar-refractivity contribution is 9.10. The monoisotopic (exact) mass is 355 g/mol. The predicted molar refractivity (Wildman–Crippen MR) is 89.1 cm³/mol. The lowest BCUT2D eigenvalue weighted by atomic mass is 9.82. The Hall–Kier alpha value is -0.0500. The number of rotatable bonds is 5. The fourth-order valence-electron chi connectivity index (χ4n) is 4.32. The van der Waals surface area contributed by atoms with E-state index in [1.807, 2.05) is 6.07 Å². The van der Waals surface area contributed by atoms with Crippen molar-refractivity contribution >= 4 is 27.5 Å². The minimum atomic E-state index is 0.428. The quantitative estimate of drug-likeness (QED) is 0.726. The lowest BCUT2D eigenvalue weighted by Gasteiger charge is -2.28. The van der Waals surface area contributed by atoms with Crippen LogP contribution in [-0.4, -0.2) is 6.54 Å². The molecule has 2 aliphatic rings. The van der Waals surface area contributed by atoms with Crippen LogP contribution in [0.15, 0.2) is 22.7 Å². The predicted octanol–water partition coefficient (Wildman–Crippen LogP) is 5.58. The topological polar surface area (TPSA) is 12.0 Å². The molecule has 4 unspecified atom stereocenters. The summed E-state index contributed by atoms with van der Waals surface area (Å²) < 4.78 is 1.18. The Labute approximate surface area is 135 Å². The van der Waals surface area contributed by atoms with Gasteiger partial charge < -0.3 is 5.32 Å². The van der Waals surface area contributed by atoms with E-state index in [2.05, 4.69) is 40.3 Å². The average molecular weight is 357 g/mol. The maximum absolute atomic E-state index is 6.19. The van der Waals surface area contributed by atoms with E-state index in [4.69, 9.17) is 11.6 Å². The molecule has 20 heavy (non-hydrogen) atoms. The van der Waals surface area contributed by atoms with Crippen molar-refractivity contribution in [1.29, 1.82) is 0 Å². The molecule has 1 N–H and O–H groups in total. The molecule has 0 saturated heterocycles. The summed E-state index contributed by atoms with van der Waals surface area (Å²) in [6.45, 7) is 3.19. The SMILES string of the molecule is CCNC(CC1CC2CCC1C2)c1cc(Cl)ccc1Br. The molecule has 1 aromatic rings. The molecule has 110 valence electrons. The molecule has 2 saturated carbocycles. The maximum Gasteiger partial charge on any atom is 0.0410 e. The summed E-state index contributed by atoms with van der Waals surface area (Å²) in [6, 6.07) is 6.57. The van der Waals surface area contributed by atoms with Crippen molar-refractivity contribution < 1.29 is 0 Å². The first-order valence-electron chi connectivity index (χ1n) is 7.85. The van der Waals surface area contributed by atoms with Gasteiger partial charge in [0.15, 0.2) is 0 Å². The van der Waals surface area contributed by atoms with Crippen LogP contribution in [0.25, 0.3) is 0 Å². The zero-order chi connectivity index (χ0) is 14.1. The van der Waals surface area contributed by atoms with Gasteiger partial charge in [-0.3, -0.25) is 0 Å². The molecule has 0 radical (unpaired) electrons. The van der Waals surface area contributed by atoms with Crippen molar-refractivity contribution in [3.63, 3.8) is 0 Å². The van der Waals surface area contributed by atoms with E-state index in [9.17, 15) is 0 Å². The molecule has 2 bridgehead atoms. The molecule has 4 atom stereocenters. The van der Waals surface area contributed by atoms with Crippen molar-refractivity contribution in [1.82, 2.24) is 5.32 Å². The summed E-state index contributed by atoms with van der Waals surface area (Å²) in [4.78, 5) is 0. The van der Waals surface area contributed by atoms with Crippen molar-refractivity contribution in [3.8, 4) is 0 Å². The Kier molecular flexibility index (Phi) is 4.74. The van der Waals surface area contributed by atoms with Gasteiger partial charge in [0.2, 0.25) is 0 Å². The van der Waals surface area contributed by atoms with Gasteiger partial charge >= 0.3 is 0 Å². The van der Waals surface area contributed by atoms with Crippen LogP contribution in [0, 0.1) is 17.8 Å². The molecule has 0 heterocycles. The van der Waals surface area contributed by atoms with Gasteiger partial charge in [-0.15, -0.1) is 0 Å². The molecule has 3 rings (SSSR count). The Morgan fingerprint density at radius 2 is 2.20 bits per heavy atom. The maximum atomic E-state index is 6.19. The fourth-order valence-corrected chi connectivity index (χ4v) is 5.02. The van der Waals surface area contributed by atoms with Crippen LogP contribution in [0.3, 0.4) is 0 Å². The molecule has 0 spiro atoms. The van der Waals surface area contributed by atoms with Gasteiger partial charge in [0.25, 0.3) is 0 Å². The molecule has 0 aromatic heterocycles. The summed E-state index contributed by atoms with van der Waals surface area (Å²) in [5, 5.41) is 4.50. The van der Waals surface area contributed by atoms with E-state index in [1.54, 1.807) is 0 Å². The van der Waals surface area contributed by atoms with E-state index in [0.717, 1.165) is 29.3 Å². The van der Waals surface area contributed by atoms with Gasteiger partial charge in [-0.25, -0.2) is 0 Å². The van der Waals surface area contributed by atoms with E-state index in [-0.39, 0.29) is 0 Å². The average Bonchev–Trinajstić information content (AvgIpc) is 3.03. The smallest absolute Gasteiger partial charge is 0.0410 e. The molecule has 0 aliphatic heterocycles. The third-order valence-electron chi connectivity index (χ3n) is 5.21. The van der Waals surface area contributed by atoms with Crippen LogP contribution < -0.4 is 5.32 Å². The lowest BCUT2D eigenvalue weighted by Crippen LogP contribution is -2.25. The highest BCUT2D eigenvalue weighted by Gasteiger charge is 2.40. The van der Waals surface area contributed by atoms with Crippen LogP contribution in [0.2, 0.25) is 5.02 Å². The standard InChI is InChI=1S/C17H23BrClN/c1-2-20-17(15-10-14(19)5-6-16(15)18)9-13-8-11-3-4-12(13)7-11/h5-6,10-13,17,20H,2-4,7-9H2,1H3. The van der Waals surface area contributed by atoms with Crippen molar-refractivity contribution in [2.75, 3.05) is 6.54 Å². The third-order valence-corrected chi connectivity index (χ3v) is 6.16. The number of hydrogen-bond donors (Lipinski definition) is 1. The summed E-state index contributed by atoms with van der Waals surface area (Å²) in [5.74, 6) is 2.91. The second kappa shape index (κ2) is 6.37. The Bertz CT molecular complexity index is 476. The molecule has 0 amide bonds. The highest BCUT2D eigenvalue weighted by Crippen LogP contribution is 2.51. The number of nitrogens with one attached hydrogen (secondary N) is 1. The van der Waals surface area contributed by atoms with Gasteiger partial charge in [0.1, 0.15) is 0 Å². The van der Waals surface area contributed by atoms with Gasteiger partial charge in [0, 0.05) is 15.5 Å². The summed E-state index contributed by atoms with van der Waals surface area (Å²) >= 11 is 9.88. The minimum absolute atomic E-state index is 0.428. The largest absolute Gasteiger partial charge is 0.310 e. The van der Waals surface area contributed by atoms with Gasteiger partial charge in [-0.05, 0) is 73.7 Å². The summed E-state index contributed by atoms with van der Waals surface area (Å²) in [5.41, 5.74) is 1.32. The Morgan fingerprint density at radius 1 is 1.35 bits per heavy atom. The van der Waals surface area contributed by atoms with Crippen LogP contribution in [0.5, 0.6) is 0 Å². The first kappa shape index (κ1) is 14.9. The lowest BCUT2D eigenvalue weighted by molar-refractivity contribution is 0.280. The summed E-state index contributed by atoms with van der Waals surface area (Å²) in [7, 11) is 0. The molecule has 1 aromatic carbocycles. The Balaban J connectivity index is 1.76. The normalized spacial score (nSPS) is 29.9. The van der Waals surface area contributed by atoms with Crippen LogP contribution in [0.1, 0.15) is 50.6 Å². The number of hydrogen-bond acceptors (Lipinski definition) is 1. The van der Waals surface area contributed by atoms with Crippen LogP contribution in [-0.2, 0) is 0 Å². The molecule has 3 heteroatoms. The Morgan fingerprint density at radius 3 is 2.85 bits per heavy atom. The van der Waals surface area contributed by atoms with E-state index in [1.165, 1.54) is 42.1 Å². The van der Waals surface area contributed by atoms with Gasteiger partial charge in [-0.2, -0.15) is 0 Å². The molecule has 2 fully saturated rings. The third kappa shape index (κ3) is 3.08. The molecular weight excluding hydrogens is 334 g/mol. The fraction of sp³-hybridized carbons (Fsp3) is 0.647. The van der Waals surface area contributed by atoms with Crippen molar-refractivity contribution in [3.05, 3.63) is 33.3 Å².